The highest BCUT2D eigenvalue weighted by molar-refractivity contribution is 14.1. The molecule has 1 aromatic rings. The van der Waals surface area contributed by atoms with Crippen LogP contribution < -0.4 is 9.03 Å². The van der Waals surface area contributed by atoms with Crippen LogP contribution in [0.5, 0.6) is 0 Å². The molecule has 1 amide bonds. The van der Waals surface area contributed by atoms with E-state index in [1.165, 1.54) is 12.1 Å². The standard InChI is InChI=1S/C14H21IN2O6SSi/c1-25(2,3)9-8-23-14(20)16-24(21,22)17(10-13(18)19)12-6-4-11(15)5-7-12/h4-7H,8-10H2,1-3H3,(H,16,20)(H,18,19). The molecule has 0 unspecified atom stereocenters. The van der Waals surface area contributed by atoms with Crippen molar-refractivity contribution in [3.8, 4) is 0 Å². The summed E-state index contributed by atoms with van der Waals surface area (Å²) in [6, 6.07) is 6.87. The highest BCUT2D eigenvalue weighted by atomic mass is 127. The molecule has 1 rings (SSSR count). The van der Waals surface area contributed by atoms with Gasteiger partial charge >= 0.3 is 22.3 Å². The minimum atomic E-state index is -4.41. The van der Waals surface area contributed by atoms with Crippen molar-refractivity contribution in [3.05, 3.63) is 27.8 Å². The van der Waals surface area contributed by atoms with Crippen LogP contribution in [0.15, 0.2) is 24.3 Å². The first kappa shape index (κ1) is 21.7. The average molecular weight is 500 g/mol. The summed E-state index contributed by atoms with van der Waals surface area (Å²) in [6.45, 7) is 5.57. The second kappa shape index (κ2) is 8.85. The van der Waals surface area contributed by atoms with Gasteiger partial charge in [0.2, 0.25) is 0 Å². The van der Waals surface area contributed by atoms with Crippen molar-refractivity contribution in [2.75, 3.05) is 17.5 Å². The maximum absolute atomic E-state index is 12.4. The van der Waals surface area contributed by atoms with Gasteiger partial charge < -0.3 is 9.84 Å². The molecule has 0 bridgehead atoms. The number of halogens is 1. The Labute approximate surface area is 161 Å². The number of hydrogen-bond donors (Lipinski definition) is 2. The molecular formula is C14H21IN2O6SSi. The highest BCUT2D eigenvalue weighted by Crippen LogP contribution is 2.19. The van der Waals surface area contributed by atoms with E-state index in [1.54, 1.807) is 16.9 Å². The summed E-state index contributed by atoms with van der Waals surface area (Å²) in [5.41, 5.74) is 0.130. The Morgan fingerprint density at radius 1 is 1.24 bits per heavy atom. The van der Waals surface area contributed by atoms with Gasteiger partial charge in [-0.2, -0.15) is 8.42 Å². The maximum Gasteiger partial charge on any atom is 0.422 e. The fourth-order valence-corrected chi connectivity index (χ4v) is 3.82. The lowest BCUT2D eigenvalue weighted by molar-refractivity contribution is -0.135. The van der Waals surface area contributed by atoms with E-state index in [0.29, 0.717) is 10.3 Å². The van der Waals surface area contributed by atoms with Crippen molar-refractivity contribution in [3.63, 3.8) is 0 Å². The number of rotatable bonds is 8. The van der Waals surface area contributed by atoms with Crippen molar-refractivity contribution < 1.29 is 27.9 Å². The van der Waals surface area contributed by atoms with Gasteiger partial charge in [-0.25, -0.2) is 13.8 Å². The van der Waals surface area contributed by atoms with Gasteiger partial charge in [0.25, 0.3) is 0 Å². The molecule has 8 nitrogen and oxygen atoms in total. The van der Waals surface area contributed by atoms with Gasteiger partial charge in [0.15, 0.2) is 0 Å². The largest absolute Gasteiger partial charge is 0.480 e. The second-order valence-electron chi connectivity index (χ2n) is 6.43. The smallest absolute Gasteiger partial charge is 0.422 e. The molecule has 1 aromatic carbocycles. The van der Waals surface area contributed by atoms with Crippen LogP contribution in [0.3, 0.4) is 0 Å². The third-order valence-corrected chi connectivity index (χ3v) is 6.75. The van der Waals surface area contributed by atoms with E-state index in [1.807, 2.05) is 22.6 Å². The van der Waals surface area contributed by atoms with Crippen molar-refractivity contribution in [1.29, 1.82) is 0 Å². The molecule has 0 aliphatic carbocycles. The number of carbonyl (C=O) groups excluding carboxylic acids is 1. The van der Waals surface area contributed by atoms with E-state index in [9.17, 15) is 18.0 Å². The van der Waals surface area contributed by atoms with E-state index in [2.05, 4.69) is 19.6 Å². The van der Waals surface area contributed by atoms with E-state index in [-0.39, 0.29) is 12.3 Å². The number of benzene rings is 1. The van der Waals surface area contributed by atoms with Crippen molar-refractivity contribution in [2.45, 2.75) is 25.7 Å². The fourth-order valence-electron chi connectivity index (χ4n) is 1.69. The van der Waals surface area contributed by atoms with Gasteiger partial charge in [0.1, 0.15) is 6.54 Å². The molecule has 0 aliphatic heterocycles. The summed E-state index contributed by atoms with van der Waals surface area (Å²) < 4.78 is 32.9. The van der Waals surface area contributed by atoms with Gasteiger partial charge in [0, 0.05) is 11.6 Å². The molecule has 25 heavy (non-hydrogen) atoms. The van der Waals surface area contributed by atoms with Crippen LogP contribution in [0.4, 0.5) is 10.5 Å². The Morgan fingerprint density at radius 2 is 1.80 bits per heavy atom. The molecule has 0 spiro atoms. The Kier molecular flexibility index (Phi) is 7.68. The first-order valence-corrected chi connectivity index (χ1v) is 13.6. The molecule has 11 heteroatoms. The molecule has 0 heterocycles. The molecule has 2 N–H and O–H groups in total. The topological polar surface area (TPSA) is 113 Å². The Hall–Kier alpha value is -1.34. The summed E-state index contributed by atoms with van der Waals surface area (Å²) in [4.78, 5) is 22.8. The molecular weight excluding hydrogens is 479 g/mol. The number of amides is 1. The molecule has 0 aliphatic rings. The number of nitrogens with one attached hydrogen (secondary N) is 1. The summed E-state index contributed by atoms with van der Waals surface area (Å²) in [5, 5.41) is 8.98. The van der Waals surface area contributed by atoms with E-state index in [4.69, 9.17) is 9.84 Å². The first-order chi connectivity index (χ1) is 11.4. The molecule has 0 fully saturated rings. The van der Waals surface area contributed by atoms with Crippen LogP contribution in [0.2, 0.25) is 25.7 Å². The Balaban J connectivity index is 2.87. The van der Waals surface area contributed by atoms with E-state index >= 15 is 0 Å². The van der Waals surface area contributed by atoms with Crippen LogP contribution in [-0.4, -0.2) is 46.8 Å². The predicted octanol–water partition coefficient (Wildman–Crippen LogP) is 2.49. The zero-order valence-corrected chi connectivity index (χ0v) is 18.1. The number of carboxylic acids is 1. The van der Waals surface area contributed by atoms with Crippen LogP contribution in [0.1, 0.15) is 0 Å². The number of carbonyl (C=O) groups is 2. The lowest BCUT2D eigenvalue weighted by Gasteiger charge is -2.22. The molecule has 140 valence electrons. The van der Waals surface area contributed by atoms with E-state index in [0.717, 1.165) is 3.57 Å². The normalized spacial score (nSPS) is 11.7. The summed E-state index contributed by atoms with van der Waals surface area (Å²) >= 11 is 2.04. The number of nitrogens with zero attached hydrogens (tertiary/aromatic N) is 1. The third-order valence-electron chi connectivity index (χ3n) is 2.98. The Morgan fingerprint density at radius 3 is 2.28 bits per heavy atom. The van der Waals surface area contributed by atoms with Crippen LogP contribution in [0, 0.1) is 3.57 Å². The Bertz CT molecular complexity index is 718. The van der Waals surface area contributed by atoms with Gasteiger partial charge in [-0.1, -0.05) is 19.6 Å². The maximum atomic E-state index is 12.4. The monoisotopic (exact) mass is 500 g/mol. The molecule has 0 saturated carbocycles. The predicted molar refractivity (Wildman–Crippen MR) is 106 cm³/mol. The molecule has 0 saturated heterocycles. The zero-order chi connectivity index (χ0) is 19.3. The molecule has 0 atom stereocenters. The van der Waals surface area contributed by atoms with Gasteiger partial charge in [0.05, 0.1) is 12.3 Å². The van der Waals surface area contributed by atoms with Crippen molar-refractivity contribution in [1.82, 2.24) is 4.72 Å². The molecule has 0 aromatic heterocycles. The number of anilines is 1. The highest BCUT2D eigenvalue weighted by Gasteiger charge is 2.27. The number of hydrogen-bond acceptors (Lipinski definition) is 5. The van der Waals surface area contributed by atoms with Gasteiger partial charge in [-0.05, 0) is 52.9 Å². The lowest BCUT2D eigenvalue weighted by Crippen LogP contribution is -2.46. The second-order valence-corrected chi connectivity index (χ2v) is 14.9. The third kappa shape index (κ3) is 8.05. The minimum Gasteiger partial charge on any atom is -0.480 e. The van der Waals surface area contributed by atoms with Gasteiger partial charge in [-0.15, -0.1) is 0 Å². The fraction of sp³-hybridized carbons (Fsp3) is 0.429. The summed E-state index contributed by atoms with van der Waals surface area (Å²) in [7, 11) is -5.84. The van der Waals surface area contributed by atoms with Gasteiger partial charge in [-0.3, -0.25) is 4.79 Å². The van der Waals surface area contributed by atoms with Crippen LogP contribution in [0.25, 0.3) is 0 Å². The first-order valence-electron chi connectivity index (χ1n) is 7.35. The minimum absolute atomic E-state index is 0.111. The quantitative estimate of drug-likeness (QED) is 0.419. The number of ether oxygens (including phenoxy) is 1. The lowest BCUT2D eigenvalue weighted by atomic mass is 10.3. The zero-order valence-electron chi connectivity index (χ0n) is 14.2. The SMILES string of the molecule is C[Si](C)(C)CCOC(=O)NS(=O)(=O)N(CC(=O)O)c1ccc(I)cc1. The van der Waals surface area contributed by atoms with Crippen LogP contribution >= 0.6 is 22.6 Å². The average Bonchev–Trinajstić information content (AvgIpc) is 2.43. The van der Waals surface area contributed by atoms with Crippen LogP contribution in [-0.2, 0) is 19.7 Å². The van der Waals surface area contributed by atoms with Crippen molar-refractivity contribution >= 4 is 58.6 Å². The number of aliphatic carboxylic acids is 1. The van der Waals surface area contributed by atoms with E-state index < -0.39 is 36.9 Å². The molecule has 0 radical (unpaired) electrons. The number of carboxylic acid groups (broad SMARTS) is 1. The van der Waals surface area contributed by atoms with Crippen molar-refractivity contribution in [2.24, 2.45) is 0 Å². The summed E-state index contributed by atoms with van der Waals surface area (Å²) in [5.74, 6) is -1.35. The summed E-state index contributed by atoms with van der Waals surface area (Å²) in [6.07, 6.45) is -1.13.